The van der Waals surface area contributed by atoms with Crippen LogP contribution in [0.2, 0.25) is 0 Å². The highest BCUT2D eigenvalue weighted by atomic mass is 32.1. The summed E-state index contributed by atoms with van der Waals surface area (Å²) in [6, 6.07) is 15.4. The van der Waals surface area contributed by atoms with E-state index in [1.807, 2.05) is 23.6 Å². The van der Waals surface area contributed by atoms with Crippen LogP contribution in [-0.2, 0) is 13.1 Å². The summed E-state index contributed by atoms with van der Waals surface area (Å²) in [5.41, 5.74) is 2.90. The number of imide groups is 1. The molecule has 3 amide bonds. The van der Waals surface area contributed by atoms with E-state index in [4.69, 9.17) is 0 Å². The number of pyridine rings is 2. The lowest BCUT2D eigenvalue weighted by atomic mass is 10.1. The van der Waals surface area contributed by atoms with Crippen molar-refractivity contribution < 1.29 is 14.4 Å². The average molecular weight is 455 g/mol. The molecule has 3 aromatic heterocycles. The summed E-state index contributed by atoms with van der Waals surface area (Å²) in [4.78, 5) is 52.3. The lowest BCUT2D eigenvalue weighted by molar-refractivity contribution is 0.0640. The quantitative estimate of drug-likeness (QED) is 0.447. The third kappa shape index (κ3) is 4.13. The van der Waals surface area contributed by atoms with Gasteiger partial charge >= 0.3 is 0 Å². The fourth-order valence-corrected chi connectivity index (χ4v) is 4.29. The fraction of sp³-hybridized carbons (Fsp3) is 0.0833. The van der Waals surface area contributed by atoms with Gasteiger partial charge < -0.3 is 5.32 Å². The molecule has 1 aliphatic heterocycles. The van der Waals surface area contributed by atoms with Gasteiger partial charge in [-0.15, -0.1) is 11.3 Å². The van der Waals surface area contributed by atoms with E-state index in [1.165, 1.54) is 23.5 Å². The maximum Gasteiger partial charge on any atom is 0.261 e. The number of nitrogens with one attached hydrogen (secondary N) is 1. The van der Waals surface area contributed by atoms with Gasteiger partial charge in [0, 0.05) is 23.3 Å². The Morgan fingerprint density at radius 1 is 0.909 bits per heavy atom. The number of rotatable bonds is 6. The van der Waals surface area contributed by atoms with Crippen molar-refractivity contribution in [2.45, 2.75) is 13.1 Å². The van der Waals surface area contributed by atoms with Gasteiger partial charge in [-0.3, -0.25) is 29.3 Å². The normalized spacial score (nSPS) is 12.7. The Hall–Kier alpha value is -4.24. The summed E-state index contributed by atoms with van der Waals surface area (Å²) < 4.78 is 0. The average Bonchev–Trinajstić information content (AvgIpc) is 3.43. The Morgan fingerprint density at radius 3 is 2.45 bits per heavy atom. The fourth-order valence-electron chi connectivity index (χ4n) is 3.50. The highest BCUT2D eigenvalue weighted by Gasteiger charge is 2.36. The Bertz CT molecular complexity index is 1360. The predicted molar refractivity (Wildman–Crippen MR) is 121 cm³/mol. The molecular formula is C24H17N5O3S. The van der Waals surface area contributed by atoms with E-state index >= 15 is 0 Å². The molecule has 0 saturated heterocycles. The van der Waals surface area contributed by atoms with Gasteiger partial charge in [0.25, 0.3) is 17.7 Å². The van der Waals surface area contributed by atoms with Crippen LogP contribution in [0.4, 0.5) is 0 Å². The first-order chi connectivity index (χ1) is 16.1. The van der Waals surface area contributed by atoms with E-state index in [2.05, 4.69) is 20.3 Å². The maximum atomic E-state index is 12.8. The number of nitrogens with zero attached hydrogens (tertiary/aromatic N) is 4. The van der Waals surface area contributed by atoms with E-state index in [-0.39, 0.29) is 30.1 Å². The Balaban J connectivity index is 1.27. The van der Waals surface area contributed by atoms with Crippen molar-refractivity contribution in [2.75, 3.05) is 0 Å². The smallest absolute Gasteiger partial charge is 0.261 e. The highest BCUT2D eigenvalue weighted by Crippen LogP contribution is 2.26. The highest BCUT2D eigenvalue weighted by molar-refractivity contribution is 7.13. The van der Waals surface area contributed by atoms with Gasteiger partial charge in [0.05, 0.1) is 41.3 Å². The largest absolute Gasteiger partial charge is 0.346 e. The molecule has 0 saturated carbocycles. The third-order valence-corrected chi connectivity index (χ3v) is 6.06. The molecule has 5 rings (SSSR count). The van der Waals surface area contributed by atoms with Gasteiger partial charge in [0.1, 0.15) is 5.01 Å². The van der Waals surface area contributed by atoms with E-state index in [1.54, 1.807) is 36.7 Å². The zero-order valence-corrected chi connectivity index (χ0v) is 18.1. The van der Waals surface area contributed by atoms with Gasteiger partial charge in [-0.05, 0) is 42.5 Å². The zero-order chi connectivity index (χ0) is 22.8. The summed E-state index contributed by atoms with van der Waals surface area (Å²) in [7, 11) is 0. The van der Waals surface area contributed by atoms with E-state index in [0.717, 1.165) is 15.6 Å². The number of fused-ring (bicyclic) bond motifs is 1. The molecule has 1 aliphatic rings. The molecular weight excluding hydrogens is 438 g/mol. The van der Waals surface area contributed by atoms with Crippen LogP contribution in [-0.4, -0.2) is 37.6 Å². The predicted octanol–water partition coefficient (Wildman–Crippen LogP) is 3.33. The summed E-state index contributed by atoms with van der Waals surface area (Å²) >= 11 is 1.45. The van der Waals surface area contributed by atoms with Crippen LogP contribution >= 0.6 is 11.3 Å². The van der Waals surface area contributed by atoms with Gasteiger partial charge in [-0.1, -0.05) is 12.1 Å². The van der Waals surface area contributed by atoms with E-state index in [0.29, 0.717) is 17.0 Å². The first kappa shape index (κ1) is 20.7. The number of carbonyl (C=O) groups excluding carboxylic acids is 3. The van der Waals surface area contributed by atoms with Crippen molar-refractivity contribution in [2.24, 2.45) is 0 Å². The molecule has 4 heterocycles. The van der Waals surface area contributed by atoms with Crippen molar-refractivity contribution in [3.05, 3.63) is 100 Å². The van der Waals surface area contributed by atoms with E-state index < -0.39 is 11.8 Å². The van der Waals surface area contributed by atoms with Crippen molar-refractivity contribution in [1.29, 1.82) is 0 Å². The number of benzene rings is 1. The van der Waals surface area contributed by atoms with Crippen LogP contribution in [0, 0.1) is 0 Å². The molecule has 1 N–H and O–H groups in total. The van der Waals surface area contributed by atoms with Crippen LogP contribution in [0.15, 0.2) is 72.4 Å². The van der Waals surface area contributed by atoms with Gasteiger partial charge in [0.15, 0.2) is 0 Å². The summed E-state index contributed by atoms with van der Waals surface area (Å²) in [6.07, 6.45) is 3.31. The lowest BCUT2D eigenvalue weighted by Crippen LogP contribution is -2.29. The topological polar surface area (TPSA) is 105 Å². The third-order valence-electron chi connectivity index (χ3n) is 5.14. The first-order valence-corrected chi connectivity index (χ1v) is 11.0. The number of thiazole rings is 1. The van der Waals surface area contributed by atoms with Gasteiger partial charge in [-0.25, -0.2) is 4.98 Å². The Morgan fingerprint density at radius 2 is 1.70 bits per heavy atom. The van der Waals surface area contributed by atoms with E-state index in [9.17, 15) is 14.4 Å². The molecule has 0 bridgehead atoms. The molecule has 8 nitrogen and oxygen atoms in total. The minimum Gasteiger partial charge on any atom is -0.346 e. The van der Waals surface area contributed by atoms with Crippen molar-refractivity contribution in [3.63, 3.8) is 0 Å². The number of amides is 3. The number of hydrogen-bond acceptors (Lipinski definition) is 7. The lowest BCUT2D eigenvalue weighted by Gasteiger charge is -2.12. The van der Waals surface area contributed by atoms with Crippen LogP contribution < -0.4 is 5.32 Å². The molecule has 162 valence electrons. The Labute approximate surface area is 193 Å². The second-order valence-electron chi connectivity index (χ2n) is 7.32. The first-order valence-electron chi connectivity index (χ1n) is 10.1. The molecule has 9 heteroatoms. The van der Waals surface area contributed by atoms with Crippen LogP contribution in [0.3, 0.4) is 0 Å². The molecule has 0 aliphatic carbocycles. The number of carbonyl (C=O) groups is 3. The minimum absolute atomic E-state index is 0.0805. The molecule has 4 aromatic rings. The molecule has 0 spiro atoms. The van der Waals surface area contributed by atoms with Gasteiger partial charge in [0.2, 0.25) is 0 Å². The second kappa shape index (κ2) is 8.71. The molecule has 0 radical (unpaired) electrons. The molecule has 33 heavy (non-hydrogen) atoms. The maximum absolute atomic E-state index is 12.8. The SMILES string of the molecule is O=C(NCc1csc(-c2ccccn2)n1)c1ccc2c(c1)C(=O)N(Cc1ccccn1)C2=O. The molecule has 1 aromatic carbocycles. The van der Waals surface area contributed by atoms with Crippen molar-refractivity contribution >= 4 is 29.1 Å². The van der Waals surface area contributed by atoms with Gasteiger partial charge in [-0.2, -0.15) is 0 Å². The standard InChI is InChI=1S/C24H17N5O3S/c30-21(27-12-17-14-33-22(28-17)20-6-2-4-10-26-20)15-7-8-18-19(11-15)24(32)29(23(18)31)13-16-5-1-3-9-25-16/h1-11,14H,12-13H2,(H,27,30). The molecule has 0 unspecified atom stereocenters. The summed E-state index contributed by atoms with van der Waals surface area (Å²) in [5.74, 6) is -1.18. The van der Waals surface area contributed by atoms with Crippen molar-refractivity contribution in [3.8, 4) is 10.7 Å². The second-order valence-corrected chi connectivity index (χ2v) is 8.18. The number of aromatic nitrogens is 3. The van der Waals surface area contributed by atoms with Crippen LogP contribution in [0.1, 0.15) is 42.5 Å². The van der Waals surface area contributed by atoms with Crippen LogP contribution in [0.25, 0.3) is 10.7 Å². The summed E-state index contributed by atoms with van der Waals surface area (Å²) in [5, 5.41) is 5.45. The zero-order valence-electron chi connectivity index (χ0n) is 17.3. The molecule has 0 fully saturated rings. The Kier molecular flexibility index (Phi) is 5.45. The molecule has 0 atom stereocenters. The van der Waals surface area contributed by atoms with Crippen LogP contribution in [0.5, 0.6) is 0 Å². The van der Waals surface area contributed by atoms with Crippen molar-refractivity contribution in [1.82, 2.24) is 25.2 Å². The monoisotopic (exact) mass is 455 g/mol. The summed E-state index contributed by atoms with van der Waals surface area (Å²) in [6.45, 7) is 0.315. The minimum atomic E-state index is -0.435. The number of hydrogen-bond donors (Lipinski definition) is 1.